The largest absolute Gasteiger partial charge is 0.497 e. The highest BCUT2D eigenvalue weighted by Crippen LogP contribution is 2.47. The molecule has 3 N–H and O–H groups in total. The first-order chi connectivity index (χ1) is 16.6. The number of benzene rings is 2. The van der Waals surface area contributed by atoms with E-state index in [9.17, 15) is 18.4 Å². The first-order valence-corrected chi connectivity index (χ1v) is 11.5. The van der Waals surface area contributed by atoms with Crippen molar-refractivity contribution in [1.82, 2.24) is 16.0 Å². The van der Waals surface area contributed by atoms with Crippen molar-refractivity contribution in [3.8, 4) is 11.5 Å². The van der Waals surface area contributed by atoms with E-state index in [1.807, 2.05) is 44.2 Å². The van der Waals surface area contributed by atoms with Crippen molar-refractivity contribution in [2.45, 2.75) is 49.8 Å². The van der Waals surface area contributed by atoms with Crippen molar-refractivity contribution >= 4 is 18.0 Å². The van der Waals surface area contributed by atoms with Crippen LogP contribution >= 0.6 is 0 Å². The van der Waals surface area contributed by atoms with Crippen molar-refractivity contribution in [2.75, 3.05) is 13.7 Å². The fourth-order valence-corrected chi connectivity index (χ4v) is 4.77. The third kappa shape index (κ3) is 4.31. The van der Waals surface area contributed by atoms with Crippen LogP contribution in [0, 0.1) is 11.6 Å². The molecule has 2 aromatic carbocycles. The lowest BCUT2D eigenvalue weighted by atomic mass is 9.92. The third-order valence-corrected chi connectivity index (χ3v) is 6.83. The van der Waals surface area contributed by atoms with Gasteiger partial charge in [0.1, 0.15) is 34.8 Å². The van der Waals surface area contributed by atoms with E-state index in [0.29, 0.717) is 0 Å². The van der Waals surface area contributed by atoms with Crippen LogP contribution in [0.1, 0.15) is 49.3 Å². The molecule has 9 heteroatoms. The molecule has 2 heterocycles. The maximum absolute atomic E-state index is 14.7. The number of halogens is 2. The molecule has 7 nitrogen and oxygen atoms in total. The molecule has 3 amide bonds. The fourth-order valence-electron chi connectivity index (χ4n) is 4.77. The molecular weight excluding hydrogens is 456 g/mol. The lowest BCUT2D eigenvalue weighted by molar-refractivity contribution is -0.120. The van der Waals surface area contributed by atoms with Gasteiger partial charge in [-0.2, -0.15) is 0 Å². The van der Waals surface area contributed by atoms with Crippen molar-refractivity contribution < 1.29 is 27.8 Å². The van der Waals surface area contributed by atoms with Gasteiger partial charge in [-0.1, -0.05) is 12.1 Å². The minimum atomic E-state index is -1.12. The fraction of sp³-hybridized carbons (Fsp3) is 0.385. The van der Waals surface area contributed by atoms with E-state index in [0.717, 1.165) is 41.9 Å². The number of methoxy groups -OCH3 is 1. The zero-order valence-corrected chi connectivity index (χ0v) is 19.7. The Morgan fingerprint density at radius 2 is 1.89 bits per heavy atom. The maximum Gasteiger partial charge on any atom is 0.316 e. The van der Waals surface area contributed by atoms with Crippen LogP contribution in [0.3, 0.4) is 0 Å². The summed E-state index contributed by atoms with van der Waals surface area (Å²) in [5.41, 5.74) is 0.640. The number of hydrogen-bond acceptors (Lipinski definition) is 4. The van der Waals surface area contributed by atoms with Crippen LogP contribution in [0.25, 0.3) is 6.08 Å². The molecule has 5 rings (SSSR count). The van der Waals surface area contributed by atoms with Crippen LogP contribution in [0.15, 0.2) is 36.4 Å². The van der Waals surface area contributed by atoms with Gasteiger partial charge in [0.2, 0.25) is 5.91 Å². The second-order valence-corrected chi connectivity index (χ2v) is 9.81. The Morgan fingerprint density at radius 3 is 2.54 bits per heavy atom. The molecule has 3 aliphatic rings. The van der Waals surface area contributed by atoms with Gasteiger partial charge in [0.25, 0.3) is 0 Å². The second kappa shape index (κ2) is 8.25. The average Bonchev–Trinajstić information content (AvgIpc) is 3.50. The lowest BCUT2D eigenvalue weighted by Crippen LogP contribution is -2.50. The summed E-state index contributed by atoms with van der Waals surface area (Å²) in [6, 6.07) is 6.24. The summed E-state index contributed by atoms with van der Waals surface area (Å²) in [4.78, 5) is 25.4. The minimum absolute atomic E-state index is 0.00258. The first-order valence-electron chi connectivity index (χ1n) is 11.5. The second-order valence-electron chi connectivity index (χ2n) is 9.81. The van der Waals surface area contributed by atoms with Crippen LogP contribution < -0.4 is 25.4 Å². The number of rotatable bonds is 5. The molecule has 0 bridgehead atoms. The molecular formula is C26H27F2N3O4. The summed E-state index contributed by atoms with van der Waals surface area (Å²) >= 11 is 0. The number of fused-ring (bicyclic) bond motifs is 1. The zero-order valence-electron chi connectivity index (χ0n) is 19.7. The monoisotopic (exact) mass is 483 g/mol. The molecule has 0 unspecified atom stereocenters. The maximum atomic E-state index is 14.7. The highest BCUT2D eigenvalue weighted by atomic mass is 19.1. The Kier molecular flexibility index (Phi) is 5.45. The molecule has 184 valence electrons. The van der Waals surface area contributed by atoms with E-state index >= 15 is 0 Å². The molecule has 0 spiro atoms. The van der Waals surface area contributed by atoms with Gasteiger partial charge in [-0.25, -0.2) is 13.6 Å². The number of amides is 3. The van der Waals surface area contributed by atoms with Crippen LogP contribution in [-0.2, 0) is 10.3 Å². The molecule has 1 saturated carbocycles. The molecule has 2 atom stereocenters. The van der Waals surface area contributed by atoms with Crippen LogP contribution in [-0.4, -0.2) is 37.2 Å². The quantitative estimate of drug-likeness (QED) is 0.605. The Bertz CT molecular complexity index is 1220. The Morgan fingerprint density at radius 1 is 1.17 bits per heavy atom. The molecule has 1 saturated heterocycles. The molecule has 0 aromatic heterocycles. The van der Waals surface area contributed by atoms with Crippen molar-refractivity contribution in [3.63, 3.8) is 0 Å². The smallest absolute Gasteiger partial charge is 0.316 e. The van der Waals surface area contributed by atoms with Gasteiger partial charge in [-0.15, -0.1) is 0 Å². The van der Waals surface area contributed by atoms with Gasteiger partial charge in [0.05, 0.1) is 12.6 Å². The van der Waals surface area contributed by atoms with Crippen molar-refractivity contribution in [1.29, 1.82) is 0 Å². The molecule has 2 aliphatic heterocycles. The predicted octanol–water partition coefficient (Wildman–Crippen LogP) is 3.73. The normalized spacial score (nSPS) is 23.1. The van der Waals surface area contributed by atoms with Gasteiger partial charge in [-0.3, -0.25) is 4.79 Å². The van der Waals surface area contributed by atoms with Gasteiger partial charge >= 0.3 is 6.03 Å². The number of carbonyl (C=O) groups is 2. The minimum Gasteiger partial charge on any atom is -0.497 e. The number of nitrogens with one attached hydrogen (secondary N) is 3. The summed E-state index contributed by atoms with van der Waals surface area (Å²) in [7, 11) is 1.31. The predicted molar refractivity (Wildman–Crippen MR) is 125 cm³/mol. The van der Waals surface area contributed by atoms with E-state index < -0.39 is 41.1 Å². The van der Waals surface area contributed by atoms with Gasteiger partial charge in [-0.05, 0) is 50.5 Å². The summed E-state index contributed by atoms with van der Waals surface area (Å²) in [5, 5.41) is 8.20. The average molecular weight is 484 g/mol. The van der Waals surface area contributed by atoms with Crippen LogP contribution in [0.5, 0.6) is 11.5 Å². The Labute approximate surface area is 201 Å². The Hall–Kier alpha value is -3.62. The van der Waals surface area contributed by atoms with Gasteiger partial charge in [0, 0.05) is 35.7 Å². The molecule has 2 fully saturated rings. The topological polar surface area (TPSA) is 88.7 Å². The number of ether oxygens (including phenoxy) is 2. The van der Waals surface area contributed by atoms with E-state index in [-0.39, 0.29) is 23.5 Å². The lowest BCUT2D eigenvalue weighted by Gasteiger charge is -2.29. The molecule has 35 heavy (non-hydrogen) atoms. The van der Waals surface area contributed by atoms with Crippen molar-refractivity contribution in [3.05, 3.63) is 64.7 Å². The van der Waals surface area contributed by atoms with E-state index in [1.54, 1.807) is 0 Å². The summed E-state index contributed by atoms with van der Waals surface area (Å²) in [5.74, 6) is -2.25. The van der Waals surface area contributed by atoms with E-state index in [1.165, 1.54) is 7.11 Å². The van der Waals surface area contributed by atoms with E-state index in [2.05, 4.69) is 16.0 Å². The highest BCUT2D eigenvalue weighted by molar-refractivity contribution is 5.90. The van der Waals surface area contributed by atoms with E-state index in [4.69, 9.17) is 9.47 Å². The van der Waals surface area contributed by atoms with Gasteiger partial charge in [0.15, 0.2) is 0 Å². The summed E-state index contributed by atoms with van der Waals surface area (Å²) < 4.78 is 40.2. The Balaban J connectivity index is 1.32. The SMILES string of the molecule is COc1cc(F)c([C@@H]2CNC(=O)[C@H]2NC(=O)NC2(c3ccc4c(c3)C=CC(C)(C)O4)CC2)c(F)c1. The molecule has 1 aliphatic carbocycles. The standard InChI is InChI=1S/C26H27F2N3O4/c1-25(2)7-6-14-10-15(4-5-20(14)35-25)26(8-9-26)31-24(33)30-22-17(13-29-23(22)32)21-18(27)11-16(34-3)12-19(21)28/h4-7,10-12,17,22H,8-9,13H2,1-3H3,(H,29,32)(H2,30,31,33)/t17-,22-/m0/s1. The van der Waals surface area contributed by atoms with Crippen LogP contribution in [0.2, 0.25) is 0 Å². The summed E-state index contributed by atoms with van der Waals surface area (Å²) in [6.07, 6.45) is 5.45. The number of urea groups is 1. The van der Waals surface area contributed by atoms with Crippen LogP contribution in [0.4, 0.5) is 13.6 Å². The first kappa shape index (κ1) is 23.1. The summed E-state index contributed by atoms with van der Waals surface area (Å²) in [6.45, 7) is 3.96. The molecule has 2 aromatic rings. The third-order valence-electron chi connectivity index (χ3n) is 6.83. The number of hydrogen-bond donors (Lipinski definition) is 3. The number of carbonyl (C=O) groups excluding carboxylic acids is 2. The van der Waals surface area contributed by atoms with Crippen molar-refractivity contribution in [2.24, 2.45) is 0 Å². The van der Waals surface area contributed by atoms with Gasteiger partial charge < -0.3 is 25.4 Å². The molecule has 0 radical (unpaired) electrons. The highest BCUT2D eigenvalue weighted by Gasteiger charge is 2.47. The zero-order chi connectivity index (χ0) is 25.0.